The molecule has 4 amide bonds. The van der Waals surface area contributed by atoms with E-state index in [1.165, 1.54) is 6.08 Å². The number of urea groups is 1. The minimum atomic E-state index is -0.763. The maximum absolute atomic E-state index is 12.7. The van der Waals surface area contributed by atoms with Gasteiger partial charge < -0.3 is 4.42 Å². The highest BCUT2D eigenvalue weighted by Crippen LogP contribution is 2.24. The maximum Gasteiger partial charge on any atom is 0.335 e. The number of anilines is 1. The van der Waals surface area contributed by atoms with E-state index in [1.54, 1.807) is 24.3 Å². The van der Waals surface area contributed by atoms with Crippen LogP contribution in [0.1, 0.15) is 16.9 Å². The molecule has 0 atom stereocenters. The molecule has 1 aromatic carbocycles. The molecule has 0 spiro atoms. The number of nitrogens with zero attached hydrogens (tertiary/aromatic N) is 1. The van der Waals surface area contributed by atoms with Crippen molar-refractivity contribution in [2.45, 2.75) is 13.8 Å². The minimum absolute atomic E-state index is 0.153. The first-order valence-corrected chi connectivity index (χ1v) is 8.18. The van der Waals surface area contributed by atoms with Crippen molar-refractivity contribution in [3.63, 3.8) is 0 Å². The molecule has 0 unspecified atom stereocenters. The summed E-state index contributed by atoms with van der Waals surface area (Å²) in [4.78, 5) is 37.9. The van der Waals surface area contributed by atoms with Crippen LogP contribution in [0.15, 0.2) is 40.3 Å². The quantitative estimate of drug-likeness (QED) is 0.446. The van der Waals surface area contributed by atoms with Crippen molar-refractivity contribution >= 4 is 52.2 Å². The van der Waals surface area contributed by atoms with Gasteiger partial charge in [-0.1, -0.05) is 6.07 Å². The van der Waals surface area contributed by atoms with Crippen LogP contribution in [0, 0.1) is 17.6 Å². The van der Waals surface area contributed by atoms with Crippen molar-refractivity contribution in [2.75, 3.05) is 4.90 Å². The first-order chi connectivity index (χ1) is 11.3. The zero-order valence-electron chi connectivity index (χ0n) is 12.9. The van der Waals surface area contributed by atoms with Gasteiger partial charge in [-0.25, -0.2) is 9.69 Å². The van der Waals surface area contributed by atoms with Crippen LogP contribution < -0.4 is 10.2 Å². The molecular weight excluding hydrogens is 423 g/mol. The number of carbonyl (C=O) groups is 3. The Morgan fingerprint density at radius 2 is 1.75 bits per heavy atom. The highest BCUT2D eigenvalue weighted by atomic mass is 127. The monoisotopic (exact) mass is 436 g/mol. The lowest BCUT2D eigenvalue weighted by Gasteiger charge is -2.26. The summed E-state index contributed by atoms with van der Waals surface area (Å²) in [5, 5.41) is 2.19. The van der Waals surface area contributed by atoms with E-state index >= 15 is 0 Å². The summed E-state index contributed by atoms with van der Waals surface area (Å²) in [5.74, 6) is -1.05. The van der Waals surface area contributed by atoms with Crippen molar-refractivity contribution in [2.24, 2.45) is 0 Å². The number of imide groups is 2. The highest BCUT2D eigenvalue weighted by Gasteiger charge is 2.37. The summed E-state index contributed by atoms with van der Waals surface area (Å²) in [6.07, 6.45) is 1.34. The molecular formula is C17H13IN2O4. The summed E-state index contributed by atoms with van der Waals surface area (Å²) in [6, 6.07) is 7.96. The van der Waals surface area contributed by atoms with Crippen LogP contribution in [0.25, 0.3) is 6.08 Å². The van der Waals surface area contributed by atoms with Gasteiger partial charge in [0.1, 0.15) is 11.3 Å². The predicted molar refractivity (Wildman–Crippen MR) is 96.3 cm³/mol. The Morgan fingerprint density at radius 1 is 1.08 bits per heavy atom. The molecule has 122 valence electrons. The van der Waals surface area contributed by atoms with Crippen LogP contribution in [0.5, 0.6) is 0 Å². The number of carbonyl (C=O) groups excluding carboxylic acids is 3. The standard InChI is InChI=1S/C17H13IN2O4/c1-9-5-10(2)7-11(6-9)20-16(22)13(15(21)19-17(20)23)8-12-3-4-14(18)24-12/h3-8H,1-2H3,(H,19,21,23)/b13-8+. The second-order valence-corrected chi connectivity index (χ2v) is 6.51. The van der Waals surface area contributed by atoms with Crippen LogP contribution in [-0.2, 0) is 9.59 Å². The Labute approximate surface area is 151 Å². The molecule has 0 bridgehead atoms. The fourth-order valence-electron chi connectivity index (χ4n) is 2.52. The summed E-state index contributed by atoms with van der Waals surface area (Å²) >= 11 is 1.98. The third-order valence-corrected chi connectivity index (χ3v) is 4.03. The van der Waals surface area contributed by atoms with Crippen LogP contribution in [0.3, 0.4) is 0 Å². The first-order valence-electron chi connectivity index (χ1n) is 7.10. The van der Waals surface area contributed by atoms with Crippen LogP contribution in [0.4, 0.5) is 10.5 Å². The van der Waals surface area contributed by atoms with Gasteiger partial charge >= 0.3 is 6.03 Å². The lowest BCUT2D eigenvalue weighted by Crippen LogP contribution is -2.54. The second kappa shape index (κ2) is 6.23. The molecule has 0 saturated carbocycles. The molecule has 1 aliphatic heterocycles. The number of barbiturate groups is 1. The SMILES string of the molecule is Cc1cc(C)cc(N2C(=O)NC(=O)/C(=C\c3ccc(I)o3)C2=O)c1. The molecule has 2 aromatic rings. The number of hydrogen-bond acceptors (Lipinski definition) is 4. The molecule has 1 fully saturated rings. The van der Waals surface area contributed by atoms with Crippen molar-refractivity contribution in [3.05, 3.63) is 56.6 Å². The van der Waals surface area contributed by atoms with E-state index in [1.807, 2.05) is 42.5 Å². The van der Waals surface area contributed by atoms with Gasteiger partial charge in [-0.15, -0.1) is 0 Å². The van der Waals surface area contributed by atoms with E-state index < -0.39 is 17.8 Å². The number of amides is 4. The van der Waals surface area contributed by atoms with E-state index in [0.717, 1.165) is 16.0 Å². The Bertz CT molecular complexity index is 877. The first kappa shape index (κ1) is 16.4. The topological polar surface area (TPSA) is 79.6 Å². The average molecular weight is 436 g/mol. The van der Waals surface area contributed by atoms with Gasteiger partial charge in [-0.3, -0.25) is 14.9 Å². The third-order valence-electron chi connectivity index (χ3n) is 3.45. The van der Waals surface area contributed by atoms with E-state index in [-0.39, 0.29) is 5.57 Å². The van der Waals surface area contributed by atoms with E-state index in [0.29, 0.717) is 15.2 Å². The summed E-state index contributed by atoms with van der Waals surface area (Å²) in [7, 11) is 0. The molecule has 1 saturated heterocycles. The van der Waals surface area contributed by atoms with Crippen molar-refractivity contribution in [1.82, 2.24) is 5.32 Å². The van der Waals surface area contributed by atoms with E-state index in [4.69, 9.17) is 4.42 Å². The lowest BCUT2D eigenvalue weighted by molar-refractivity contribution is -0.122. The molecule has 0 radical (unpaired) electrons. The van der Waals surface area contributed by atoms with Gasteiger partial charge in [0.15, 0.2) is 3.77 Å². The fraction of sp³-hybridized carbons (Fsp3) is 0.118. The fourth-order valence-corrected chi connectivity index (χ4v) is 2.95. The summed E-state index contributed by atoms with van der Waals surface area (Å²) in [6.45, 7) is 3.74. The van der Waals surface area contributed by atoms with Crippen molar-refractivity contribution < 1.29 is 18.8 Å². The second-order valence-electron chi connectivity index (χ2n) is 5.45. The normalized spacial score (nSPS) is 16.7. The zero-order valence-corrected chi connectivity index (χ0v) is 15.1. The largest absolute Gasteiger partial charge is 0.451 e. The number of aryl methyl sites for hydroxylation is 2. The number of benzene rings is 1. The molecule has 2 heterocycles. The Morgan fingerprint density at radius 3 is 2.33 bits per heavy atom. The van der Waals surface area contributed by atoms with Crippen molar-refractivity contribution in [3.8, 4) is 0 Å². The Kier molecular flexibility index (Phi) is 4.27. The minimum Gasteiger partial charge on any atom is -0.451 e. The molecule has 1 aromatic heterocycles. The van der Waals surface area contributed by atoms with Crippen molar-refractivity contribution in [1.29, 1.82) is 0 Å². The molecule has 1 N–H and O–H groups in total. The molecule has 0 aliphatic carbocycles. The number of furan rings is 1. The maximum atomic E-state index is 12.7. The van der Waals surface area contributed by atoms with Gasteiger partial charge in [0.2, 0.25) is 0 Å². The molecule has 3 rings (SSSR count). The van der Waals surface area contributed by atoms with Gasteiger partial charge in [-0.05, 0) is 77.9 Å². The smallest absolute Gasteiger partial charge is 0.335 e. The number of halogens is 1. The third kappa shape index (κ3) is 3.12. The molecule has 6 nitrogen and oxygen atoms in total. The predicted octanol–water partition coefficient (Wildman–Crippen LogP) is 3.17. The Balaban J connectivity index is 2.04. The average Bonchev–Trinajstić information content (AvgIpc) is 2.87. The van der Waals surface area contributed by atoms with Crippen LogP contribution in [0.2, 0.25) is 0 Å². The summed E-state index contributed by atoms with van der Waals surface area (Å²) in [5.41, 5.74) is 2.09. The number of nitrogens with one attached hydrogen (secondary N) is 1. The van der Waals surface area contributed by atoms with E-state index in [2.05, 4.69) is 5.32 Å². The zero-order chi connectivity index (χ0) is 17.4. The molecule has 24 heavy (non-hydrogen) atoms. The van der Waals surface area contributed by atoms with Gasteiger partial charge in [0, 0.05) is 0 Å². The van der Waals surface area contributed by atoms with Gasteiger partial charge in [0.05, 0.1) is 5.69 Å². The summed E-state index contributed by atoms with van der Waals surface area (Å²) < 4.78 is 5.99. The van der Waals surface area contributed by atoms with Gasteiger partial charge in [-0.2, -0.15) is 0 Å². The number of rotatable bonds is 2. The Hall–Kier alpha value is -2.42. The number of hydrogen-bond donors (Lipinski definition) is 1. The lowest BCUT2D eigenvalue weighted by atomic mass is 10.1. The van der Waals surface area contributed by atoms with Gasteiger partial charge in [0.25, 0.3) is 11.8 Å². The van der Waals surface area contributed by atoms with E-state index in [9.17, 15) is 14.4 Å². The molecule has 1 aliphatic rings. The highest BCUT2D eigenvalue weighted by molar-refractivity contribution is 14.1. The van der Waals surface area contributed by atoms with Crippen LogP contribution in [-0.4, -0.2) is 17.8 Å². The molecule has 7 heteroatoms. The van der Waals surface area contributed by atoms with Crippen LogP contribution >= 0.6 is 22.6 Å².